The van der Waals surface area contributed by atoms with Crippen LogP contribution in [-0.2, 0) is 6.42 Å². The van der Waals surface area contributed by atoms with Crippen molar-refractivity contribution in [2.75, 3.05) is 39.2 Å². The summed E-state index contributed by atoms with van der Waals surface area (Å²) < 4.78 is 38.3. The van der Waals surface area contributed by atoms with Gasteiger partial charge in [-0.1, -0.05) is 6.07 Å². The van der Waals surface area contributed by atoms with Crippen LogP contribution in [0.1, 0.15) is 17.8 Å². The summed E-state index contributed by atoms with van der Waals surface area (Å²) in [6.07, 6.45) is 2.13. The van der Waals surface area contributed by atoms with E-state index < -0.39 is 17.7 Å². The Morgan fingerprint density at radius 1 is 1.13 bits per heavy atom. The first-order valence-corrected chi connectivity index (χ1v) is 12.6. The Labute approximate surface area is 223 Å². The van der Waals surface area contributed by atoms with Crippen LogP contribution in [0.25, 0.3) is 22.2 Å². The van der Waals surface area contributed by atoms with Crippen molar-refractivity contribution in [3.8, 4) is 22.8 Å². The topological polar surface area (TPSA) is 121 Å². The third-order valence-electron chi connectivity index (χ3n) is 6.88. The lowest BCUT2D eigenvalue weighted by Gasteiger charge is -2.29. The van der Waals surface area contributed by atoms with Crippen LogP contribution < -0.4 is 25.7 Å². The minimum atomic E-state index is -0.681. The van der Waals surface area contributed by atoms with E-state index in [-0.39, 0.29) is 17.9 Å². The fourth-order valence-electron chi connectivity index (χ4n) is 4.85. The summed E-state index contributed by atoms with van der Waals surface area (Å²) in [5, 5.41) is 17.2. The van der Waals surface area contributed by atoms with E-state index in [1.165, 1.54) is 26.4 Å². The maximum absolute atomic E-state index is 13.6. The molecule has 11 heteroatoms. The molecule has 0 bridgehead atoms. The van der Waals surface area contributed by atoms with E-state index >= 15 is 0 Å². The van der Waals surface area contributed by atoms with Crippen molar-refractivity contribution < 1.29 is 23.4 Å². The van der Waals surface area contributed by atoms with Gasteiger partial charge in [0.05, 0.1) is 31.4 Å². The lowest BCUT2D eigenvalue weighted by Crippen LogP contribution is -2.43. The summed E-state index contributed by atoms with van der Waals surface area (Å²) in [6, 6.07) is 8.25. The molecule has 204 valence electrons. The van der Waals surface area contributed by atoms with Crippen molar-refractivity contribution in [3.05, 3.63) is 76.0 Å². The number of pyridine rings is 1. The van der Waals surface area contributed by atoms with Crippen molar-refractivity contribution in [1.82, 2.24) is 20.3 Å². The molecule has 2 aromatic heterocycles. The van der Waals surface area contributed by atoms with Gasteiger partial charge in [0.15, 0.2) is 11.5 Å². The number of aromatic amines is 1. The van der Waals surface area contributed by atoms with Gasteiger partial charge in [-0.05, 0) is 42.8 Å². The zero-order chi connectivity index (χ0) is 27.5. The lowest BCUT2D eigenvalue weighted by molar-refractivity contribution is 0.0883. The van der Waals surface area contributed by atoms with Crippen LogP contribution in [0.2, 0.25) is 0 Å². The zero-order valence-corrected chi connectivity index (χ0v) is 21.6. The second-order valence-corrected chi connectivity index (χ2v) is 9.48. The molecular weight excluding hydrogens is 508 g/mol. The van der Waals surface area contributed by atoms with Gasteiger partial charge in [0.25, 0.3) is 5.56 Å². The van der Waals surface area contributed by atoms with Gasteiger partial charge in [-0.2, -0.15) is 0 Å². The highest BCUT2D eigenvalue weighted by Crippen LogP contribution is 2.40. The number of hydrogen-bond acceptors (Lipinski definition) is 8. The Morgan fingerprint density at radius 2 is 1.92 bits per heavy atom. The van der Waals surface area contributed by atoms with Crippen LogP contribution in [0, 0.1) is 17.6 Å². The SMILES string of the molecule is COc1cc2c(=O)[nH]c(Cc3ccc(-c4cc(F)cc(F)c4)nc3)nc2c(NC[C@@H]2CCNC[C@@H]2O)c1OC. The minimum Gasteiger partial charge on any atom is -0.493 e. The highest BCUT2D eigenvalue weighted by Gasteiger charge is 2.25. The first kappa shape index (κ1) is 26.5. The molecule has 1 fully saturated rings. The average Bonchev–Trinajstić information content (AvgIpc) is 2.92. The molecule has 4 aromatic rings. The van der Waals surface area contributed by atoms with Crippen LogP contribution in [0.3, 0.4) is 0 Å². The quantitative estimate of drug-likeness (QED) is 0.270. The molecule has 3 heterocycles. The molecule has 5 rings (SSSR count). The molecule has 0 saturated carbocycles. The van der Waals surface area contributed by atoms with Gasteiger partial charge >= 0.3 is 0 Å². The first-order chi connectivity index (χ1) is 18.9. The molecule has 0 aliphatic carbocycles. The zero-order valence-electron chi connectivity index (χ0n) is 21.6. The summed E-state index contributed by atoms with van der Waals surface area (Å²) in [4.78, 5) is 25.0. The number of aromatic nitrogens is 3. The number of H-pyrrole nitrogens is 1. The van der Waals surface area contributed by atoms with E-state index in [4.69, 9.17) is 14.5 Å². The molecule has 9 nitrogen and oxygen atoms in total. The fourth-order valence-corrected chi connectivity index (χ4v) is 4.85. The first-order valence-electron chi connectivity index (χ1n) is 12.6. The Bertz CT molecular complexity index is 1520. The Hall–Kier alpha value is -4.09. The van der Waals surface area contributed by atoms with Gasteiger partial charge in [-0.3, -0.25) is 9.78 Å². The number of fused-ring (bicyclic) bond motifs is 1. The molecular formula is C28H29F2N5O4. The number of ether oxygens (including phenoxy) is 2. The van der Waals surface area contributed by atoms with Gasteiger partial charge < -0.3 is 30.2 Å². The highest BCUT2D eigenvalue weighted by molar-refractivity contribution is 5.95. The average molecular weight is 538 g/mol. The van der Waals surface area contributed by atoms with Crippen molar-refractivity contribution in [2.24, 2.45) is 5.92 Å². The standard InChI is InChI=1S/C28H29F2N5O4/c1-38-23-11-20-25(26(27(23)39-2)33-13-16-5-6-31-14-22(16)36)34-24(35-28(20)37)7-15-3-4-21(32-12-15)17-8-18(29)10-19(30)9-17/h3-4,8-12,16,22,31,33,36H,5-7,13-14H2,1-2H3,(H,34,35,37)/t16-,22-/m0/s1. The van der Waals surface area contributed by atoms with E-state index in [9.17, 15) is 18.7 Å². The highest BCUT2D eigenvalue weighted by atomic mass is 19.1. The second-order valence-electron chi connectivity index (χ2n) is 9.48. The van der Waals surface area contributed by atoms with Crippen LogP contribution in [0.15, 0.2) is 47.4 Å². The molecule has 39 heavy (non-hydrogen) atoms. The van der Waals surface area contributed by atoms with E-state index in [1.807, 2.05) is 0 Å². The molecule has 0 radical (unpaired) electrons. The van der Waals surface area contributed by atoms with Crippen molar-refractivity contribution in [1.29, 1.82) is 0 Å². The number of nitrogens with one attached hydrogen (secondary N) is 3. The molecule has 2 aromatic carbocycles. The smallest absolute Gasteiger partial charge is 0.258 e. The number of piperidine rings is 1. The molecule has 1 aliphatic heterocycles. The van der Waals surface area contributed by atoms with Gasteiger partial charge in [-0.15, -0.1) is 0 Å². The maximum Gasteiger partial charge on any atom is 0.258 e. The number of anilines is 1. The van der Waals surface area contributed by atoms with E-state index in [0.717, 1.165) is 24.6 Å². The molecule has 0 unspecified atom stereocenters. The fraction of sp³-hybridized carbons (Fsp3) is 0.321. The number of methoxy groups -OCH3 is 2. The summed E-state index contributed by atoms with van der Waals surface area (Å²) in [5.41, 5.74) is 2.06. The van der Waals surface area contributed by atoms with E-state index in [2.05, 4.69) is 20.6 Å². The van der Waals surface area contributed by atoms with Crippen LogP contribution in [0.4, 0.5) is 14.5 Å². The summed E-state index contributed by atoms with van der Waals surface area (Å²) in [5.74, 6) is -0.163. The van der Waals surface area contributed by atoms with Crippen molar-refractivity contribution in [2.45, 2.75) is 18.9 Å². The van der Waals surface area contributed by atoms with E-state index in [0.29, 0.717) is 58.3 Å². The summed E-state index contributed by atoms with van der Waals surface area (Å²) >= 11 is 0. The van der Waals surface area contributed by atoms with Crippen LogP contribution in [0.5, 0.6) is 11.5 Å². The number of halogens is 2. The Balaban J connectivity index is 1.48. The van der Waals surface area contributed by atoms with Gasteiger partial charge in [0.1, 0.15) is 28.7 Å². The van der Waals surface area contributed by atoms with Gasteiger partial charge in [0.2, 0.25) is 0 Å². The van der Waals surface area contributed by atoms with Crippen molar-refractivity contribution in [3.63, 3.8) is 0 Å². The number of nitrogens with zero attached hydrogens (tertiary/aromatic N) is 2. The number of β-amino-alcohol motifs (C(OH)–C–C–N with tert-alkyl or cyclic N) is 1. The minimum absolute atomic E-state index is 0.00910. The van der Waals surface area contributed by atoms with Crippen LogP contribution >= 0.6 is 0 Å². The maximum atomic E-state index is 13.6. The van der Waals surface area contributed by atoms with E-state index in [1.54, 1.807) is 24.4 Å². The molecule has 1 saturated heterocycles. The summed E-state index contributed by atoms with van der Waals surface area (Å²) in [6.45, 7) is 1.78. The number of hydrogen-bond donors (Lipinski definition) is 4. The Morgan fingerprint density at radius 3 is 2.59 bits per heavy atom. The van der Waals surface area contributed by atoms with Crippen LogP contribution in [-0.4, -0.2) is 60.0 Å². The molecule has 0 spiro atoms. The number of aliphatic hydroxyl groups excluding tert-OH is 1. The predicted octanol–water partition coefficient (Wildman–Crippen LogP) is 3.25. The summed E-state index contributed by atoms with van der Waals surface area (Å²) in [7, 11) is 3.01. The van der Waals surface area contributed by atoms with Crippen molar-refractivity contribution >= 4 is 16.6 Å². The second kappa shape index (κ2) is 11.3. The third kappa shape index (κ3) is 5.69. The molecule has 0 amide bonds. The third-order valence-corrected chi connectivity index (χ3v) is 6.88. The Kier molecular flexibility index (Phi) is 7.71. The van der Waals surface area contributed by atoms with Gasteiger partial charge in [0, 0.05) is 43.3 Å². The molecule has 1 aliphatic rings. The number of aliphatic hydroxyl groups is 1. The predicted molar refractivity (Wildman–Crippen MR) is 143 cm³/mol. The molecule has 2 atom stereocenters. The number of rotatable bonds is 8. The largest absolute Gasteiger partial charge is 0.493 e. The van der Waals surface area contributed by atoms with Gasteiger partial charge in [-0.25, -0.2) is 13.8 Å². The monoisotopic (exact) mass is 537 g/mol. The lowest BCUT2D eigenvalue weighted by atomic mass is 9.95. The molecule has 4 N–H and O–H groups in total. The number of benzene rings is 2. The normalized spacial score (nSPS) is 17.3.